The number of carbonyl (C=O) groups excluding carboxylic acids is 1. The minimum Gasteiger partial charge on any atom is -0.396 e. The van der Waals surface area contributed by atoms with Gasteiger partial charge in [0.15, 0.2) is 0 Å². The number of rotatable bonds is 4. The second-order valence-corrected chi connectivity index (χ2v) is 6.29. The summed E-state index contributed by atoms with van der Waals surface area (Å²) in [6.07, 6.45) is 6.20. The summed E-state index contributed by atoms with van der Waals surface area (Å²) in [6.45, 7) is 4.30. The highest BCUT2D eigenvalue weighted by Gasteiger charge is 2.47. The van der Waals surface area contributed by atoms with Crippen LogP contribution in [0.1, 0.15) is 19.3 Å². The summed E-state index contributed by atoms with van der Waals surface area (Å²) in [5, 5.41) is 17.2. The van der Waals surface area contributed by atoms with E-state index < -0.39 is 0 Å². The molecule has 6 heteroatoms. The van der Waals surface area contributed by atoms with Crippen LogP contribution in [0.4, 0.5) is 0 Å². The molecule has 116 valence electrons. The van der Waals surface area contributed by atoms with Gasteiger partial charge in [-0.3, -0.25) is 9.48 Å². The van der Waals surface area contributed by atoms with Gasteiger partial charge in [-0.25, -0.2) is 0 Å². The van der Waals surface area contributed by atoms with Crippen molar-refractivity contribution in [3.8, 4) is 0 Å². The zero-order chi connectivity index (χ0) is 14.7. The first-order chi connectivity index (χ1) is 10.2. The van der Waals surface area contributed by atoms with Gasteiger partial charge < -0.3 is 15.3 Å². The number of aliphatic hydroxyl groups is 1. The van der Waals surface area contributed by atoms with Gasteiger partial charge in [-0.2, -0.15) is 5.10 Å². The Bertz CT molecular complexity index is 468. The third kappa shape index (κ3) is 2.96. The van der Waals surface area contributed by atoms with Crippen LogP contribution in [0.15, 0.2) is 18.5 Å². The fraction of sp³-hybridized carbons (Fsp3) is 0.733. The van der Waals surface area contributed by atoms with E-state index in [1.54, 1.807) is 10.9 Å². The molecule has 1 aromatic heterocycles. The monoisotopic (exact) mass is 292 g/mol. The van der Waals surface area contributed by atoms with Crippen molar-refractivity contribution in [2.24, 2.45) is 11.3 Å². The number of carbonyl (C=O) groups is 1. The molecule has 1 amide bonds. The van der Waals surface area contributed by atoms with E-state index in [-0.39, 0.29) is 23.8 Å². The Morgan fingerprint density at radius 3 is 2.90 bits per heavy atom. The fourth-order valence-electron chi connectivity index (χ4n) is 3.77. The summed E-state index contributed by atoms with van der Waals surface area (Å²) in [5.74, 6) is 0.410. The maximum atomic E-state index is 12.4. The summed E-state index contributed by atoms with van der Waals surface area (Å²) in [4.78, 5) is 14.4. The van der Waals surface area contributed by atoms with Crippen LogP contribution in [0.3, 0.4) is 0 Å². The topological polar surface area (TPSA) is 70.4 Å². The van der Waals surface area contributed by atoms with Crippen LogP contribution in [0.2, 0.25) is 0 Å². The largest absolute Gasteiger partial charge is 0.396 e. The molecule has 0 aliphatic carbocycles. The molecule has 1 spiro atoms. The smallest absolute Gasteiger partial charge is 0.224 e. The number of hydrogen-bond donors (Lipinski definition) is 2. The van der Waals surface area contributed by atoms with Crippen molar-refractivity contribution in [2.75, 3.05) is 32.8 Å². The summed E-state index contributed by atoms with van der Waals surface area (Å²) < 4.78 is 1.79. The zero-order valence-electron chi connectivity index (χ0n) is 12.4. The second-order valence-electron chi connectivity index (χ2n) is 6.29. The molecule has 0 aromatic carbocycles. The van der Waals surface area contributed by atoms with Gasteiger partial charge in [0.1, 0.15) is 0 Å². The van der Waals surface area contributed by atoms with Gasteiger partial charge in [-0.05, 0) is 37.4 Å². The van der Waals surface area contributed by atoms with Crippen molar-refractivity contribution < 1.29 is 9.90 Å². The number of hydrogen-bond acceptors (Lipinski definition) is 4. The minimum atomic E-state index is 0.126. The third-order valence-electron chi connectivity index (χ3n) is 5.10. The predicted molar refractivity (Wildman–Crippen MR) is 78.5 cm³/mol. The lowest BCUT2D eigenvalue weighted by Crippen LogP contribution is -2.43. The van der Waals surface area contributed by atoms with Crippen LogP contribution in [0, 0.1) is 11.3 Å². The molecule has 1 atom stereocenters. The lowest BCUT2D eigenvalue weighted by molar-refractivity contribution is -0.131. The molecule has 2 saturated heterocycles. The van der Waals surface area contributed by atoms with Crippen LogP contribution >= 0.6 is 0 Å². The number of nitrogens with zero attached hydrogens (tertiary/aromatic N) is 3. The summed E-state index contributed by atoms with van der Waals surface area (Å²) >= 11 is 0. The maximum absolute atomic E-state index is 12.4. The molecule has 2 aliphatic rings. The number of aliphatic hydroxyl groups excluding tert-OH is 1. The molecule has 2 N–H and O–H groups in total. The van der Waals surface area contributed by atoms with Crippen molar-refractivity contribution in [1.29, 1.82) is 0 Å². The standard InChI is InChI=1S/C15H24N4O2/c20-11-13-10-18(12-15(13)3-6-16-7-4-15)14(21)2-9-19-8-1-5-17-19/h1,5,8,13,16,20H,2-4,6-7,9-12H2. The lowest BCUT2D eigenvalue weighted by Gasteiger charge is -2.37. The molecule has 0 radical (unpaired) electrons. The van der Waals surface area contributed by atoms with Crippen LogP contribution in [-0.2, 0) is 11.3 Å². The highest BCUT2D eigenvalue weighted by Crippen LogP contribution is 2.43. The number of amides is 1. The summed E-state index contributed by atoms with van der Waals surface area (Å²) in [7, 11) is 0. The molecule has 2 fully saturated rings. The van der Waals surface area contributed by atoms with Gasteiger partial charge in [0, 0.05) is 51.0 Å². The molecule has 1 unspecified atom stereocenters. The fourth-order valence-corrected chi connectivity index (χ4v) is 3.77. The maximum Gasteiger partial charge on any atom is 0.224 e. The van der Waals surface area contributed by atoms with E-state index in [0.29, 0.717) is 19.5 Å². The molecule has 0 bridgehead atoms. The zero-order valence-corrected chi connectivity index (χ0v) is 12.4. The van der Waals surface area contributed by atoms with Gasteiger partial charge in [0.2, 0.25) is 5.91 Å². The molecule has 21 heavy (non-hydrogen) atoms. The summed E-state index contributed by atoms with van der Waals surface area (Å²) in [6, 6.07) is 1.87. The van der Waals surface area contributed by atoms with E-state index in [1.807, 2.05) is 17.2 Å². The normalized spacial score (nSPS) is 24.6. The molecule has 3 rings (SSSR count). The molecular weight excluding hydrogens is 268 g/mol. The number of nitrogens with one attached hydrogen (secondary N) is 1. The average Bonchev–Trinajstić information content (AvgIpc) is 3.14. The van der Waals surface area contributed by atoms with E-state index in [1.165, 1.54) is 0 Å². The van der Waals surface area contributed by atoms with Gasteiger partial charge in [0.25, 0.3) is 0 Å². The molecule has 1 aromatic rings. The van der Waals surface area contributed by atoms with E-state index in [0.717, 1.165) is 32.5 Å². The number of aryl methyl sites for hydroxylation is 1. The SMILES string of the molecule is O=C(CCn1cccn1)N1CC(CO)C2(CCNCC2)C1. The van der Waals surface area contributed by atoms with Gasteiger partial charge >= 0.3 is 0 Å². The Morgan fingerprint density at radius 2 is 2.24 bits per heavy atom. The summed E-state index contributed by atoms with van der Waals surface area (Å²) in [5.41, 5.74) is 0.126. The first-order valence-electron chi connectivity index (χ1n) is 7.80. The number of likely N-dealkylation sites (tertiary alicyclic amines) is 1. The van der Waals surface area contributed by atoms with Crippen molar-refractivity contribution in [3.63, 3.8) is 0 Å². The molecule has 3 heterocycles. The first-order valence-corrected chi connectivity index (χ1v) is 7.80. The van der Waals surface area contributed by atoms with Crippen LogP contribution in [-0.4, -0.2) is 58.5 Å². The first kappa shape index (κ1) is 14.5. The van der Waals surface area contributed by atoms with E-state index in [4.69, 9.17) is 0 Å². The Kier molecular flexibility index (Phi) is 4.26. The number of piperidine rings is 1. The Morgan fingerprint density at radius 1 is 1.43 bits per heavy atom. The van der Waals surface area contributed by atoms with Crippen LogP contribution in [0.25, 0.3) is 0 Å². The molecule has 2 aliphatic heterocycles. The Labute approximate surface area is 125 Å². The Hall–Kier alpha value is -1.40. The van der Waals surface area contributed by atoms with Crippen molar-refractivity contribution >= 4 is 5.91 Å². The highest BCUT2D eigenvalue weighted by atomic mass is 16.3. The quantitative estimate of drug-likeness (QED) is 0.825. The van der Waals surface area contributed by atoms with Crippen LogP contribution < -0.4 is 5.32 Å². The van der Waals surface area contributed by atoms with E-state index in [2.05, 4.69) is 10.4 Å². The number of aromatic nitrogens is 2. The lowest BCUT2D eigenvalue weighted by atomic mass is 9.71. The second kappa shape index (κ2) is 6.15. The van der Waals surface area contributed by atoms with Crippen molar-refractivity contribution in [2.45, 2.75) is 25.8 Å². The van der Waals surface area contributed by atoms with E-state index in [9.17, 15) is 9.90 Å². The van der Waals surface area contributed by atoms with E-state index >= 15 is 0 Å². The van der Waals surface area contributed by atoms with Gasteiger partial charge in [-0.15, -0.1) is 0 Å². The third-order valence-corrected chi connectivity index (χ3v) is 5.10. The predicted octanol–water partition coefficient (Wildman–Crippen LogP) is 0.0937. The molecule has 0 saturated carbocycles. The highest BCUT2D eigenvalue weighted by molar-refractivity contribution is 5.76. The van der Waals surface area contributed by atoms with Crippen molar-refractivity contribution in [1.82, 2.24) is 20.0 Å². The van der Waals surface area contributed by atoms with Crippen molar-refractivity contribution in [3.05, 3.63) is 18.5 Å². The van der Waals surface area contributed by atoms with Crippen LogP contribution in [0.5, 0.6) is 0 Å². The minimum absolute atomic E-state index is 0.126. The average molecular weight is 292 g/mol. The molecular formula is C15H24N4O2. The van der Waals surface area contributed by atoms with Gasteiger partial charge in [0.05, 0.1) is 0 Å². The molecule has 6 nitrogen and oxygen atoms in total. The van der Waals surface area contributed by atoms with Gasteiger partial charge in [-0.1, -0.05) is 0 Å². The Balaban J connectivity index is 1.59.